The Kier molecular flexibility index (Phi) is 8.66. The Hall–Kier alpha value is -1.69. The van der Waals surface area contributed by atoms with Gasteiger partial charge in [-0.25, -0.2) is 0 Å². The Morgan fingerprint density at radius 1 is 1.04 bits per heavy atom. The van der Waals surface area contributed by atoms with Crippen LogP contribution in [0.25, 0.3) is 10.9 Å². The van der Waals surface area contributed by atoms with E-state index < -0.39 is 0 Å². The van der Waals surface area contributed by atoms with Crippen molar-refractivity contribution in [1.29, 1.82) is 0 Å². The van der Waals surface area contributed by atoms with Gasteiger partial charge in [0.2, 0.25) is 0 Å². The third-order valence-electron chi connectivity index (χ3n) is 3.95. The highest BCUT2D eigenvalue weighted by molar-refractivity contribution is 5.80. The molecule has 2 heterocycles. The van der Waals surface area contributed by atoms with Crippen LogP contribution in [0.1, 0.15) is 19.5 Å². The van der Waals surface area contributed by atoms with Crippen LogP contribution < -0.4 is 4.74 Å². The van der Waals surface area contributed by atoms with Crippen LogP contribution in [0.4, 0.5) is 0 Å². The van der Waals surface area contributed by atoms with Gasteiger partial charge in [-0.2, -0.15) is 0 Å². The quantitative estimate of drug-likeness (QED) is 0.720. The molecule has 0 radical (unpaired) electrons. The summed E-state index contributed by atoms with van der Waals surface area (Å²) in [4.78, 5) is 6.88. The number of nitrogens with zero attached hydrogens (tertiary/aromatic N) is 2. The number of benzene rings is 1. The number of hydrogen-bond acceptors (Lipinski definition) is 5. The first-order valence-electron chi connectivity index (χ1n) is 9.19. The van der Waals surface area contributed by atoms with Crippen LogP contribution in [0, 0.1) is 6.92 Å². The molecule has 3 rings (SSSR count). The number of ether oxygens (including phenoxy) is 3. The van der Waals surface area contributed by atoms with E-state index in [1.54, 1.807) is 0 Å². The first kappa shape index (κ1) is 19.6. The fourth-order valence-corrected chi connectivity index (χ4v) is 2.63. The van der Waals surface area contributed by atoms with Gasteiger partial charge in [-0.05, 0) is 25.1 Å². The highest BCUT2D eigenvalue weighted by Gasteiger charge is 2.09. The zero-order chi connectivity index (χ0) is 17.9. The highest BCUT2D eigenvalue weighted by Crippen LogP contribution is 2.19. The molecule has 0 aliphatic carbocycles. The molecule has 25 heavy (non-hydrogen) atoms. The fourth-order valence-electron chi connectivity index (χ4n) is 2.63. The van der Waals surface area contributed by atoms with Crippen LogP contribution in [-0.4, -0.2) is 62.6 Å². The van der Waals surface area contributed by atoms with Gasteiger partial charge in [-0.3, -0.25) is 9.88 Å². The van der Waals surface area contributed by atoms with Gasteiger partial charge in [0.15, 0.2) is 0 Å². The minimum Gasteiger partial charge on any atom is -0.491 e. The molecule has 138 valence electrons. The molecule has 1 aromatic heterocycles. The molecule has 1 aliphatic heterocycles. The van der Waals surface area contributed by atoms with Crippen LogP contribution in [-0.2, 0) is 9.47 Å². The molecule has 0 N–H and O–H groups in total. The predicted octanol–water partition coefficient (Wildman–Crippen LogP) is 3.30. The van der Waals surface area contributed by atoms with Crippen molar-refractivity contribution in [2.24, 2.45) is 0 Å². The number of pyridine rings is 1. The SMILES string of the molecule is CC.Cc1ccc2ccc(OCCOCCN3CCOCC3)cc2n1. The van der Waals surface area contributed by atoms with Crippen LogP contribution in [0.15, 0.2) is 30.3 Å². The number of aromatic nitrogens is 1. The van der Waals surface area contributed by atoms with Crippen molar-refractivity contribution < 1.29 is 14.2 Å². The zero-order valence-corrected chi connectivity index (χ0v) is 15.7. The lowest BCUT2D eigenvalue weighted by molar-refractivity contribution is 0.0170. The molecule has 1 aromatic carbocycles. The van der Waals surface area contributed by atoms with Crippen molar-refractivity contribution >= 4 is 10.9 Å². The summed E-state index contributed by atoms with van der Waals surface area (Å²) >= 11 is 0. The standard InChI is InChI=1S/C18H24N2O3.C2H6/c1-15-2-3-16-4-5-17(14-18(16)19-15)23-13-12-22-11-8-20-6-9-21-10-7-20;1-2/h2-5,14H,6-13H2,1H3;1-2H3. The Morgan fingerprint density at radius 3 is 2.60 bits per heavy atom. The van der Waals surface area contributed by atoms with E-state index in [1.807, 2.05) is 45.0 Å². The molecule has 0 atom stereocenters. The van der Waals surface area contributed by atoms with Gasteiger partial charge in [-0.15, -0.1) is 0 Å². The first-order valence-corrected chi connectivity index (χ1v) is 9.19. The summed E-state index contributed by atoms with van der Waals surface area (Å²) in [5, 5.41) is 1.13. The maximum Gasteiger partial charge on any atom is 0.121 e. The van der Waals surface area contributed by atoms with E-state index in [0.717, 1.165) is 61.8 Å². The topological polar surface area (TPSA) is 43.8 Å². The normalized spacial score (nSPS) is 14.8. The van der Waals surface area contributed by atoms with E-state index in [2.05, 4.69) is 16.0 Å². The molecule has 5 heteroatoms. The molecule has 0 unspecified atom stereocenters. The molecule has 1 aliphatic rings. The lowest BCUT2D eigenvalue weighted by Crippen LogP contribution is -2.38. The number of fused-ring (bicyclic) bond motifs is 1. The highest BCUT2D eigenvalue weighted by atomic mass is 16.5. The van der Waals surface area contributed by atoms with Crippen molar-refractivity contribution in [2.75, 3.05) is 52.7 Å². The largest absolute Gasteiger partial charge is 0.491 e. The molecule has 0 bridgehead atoms. The lowest BCUT2D eigenvalue weighted by Gasteiger charge is -2.26. The van der Waals surface area contributed by atoms with E-state index in [1.165, 1.54) is 0 Å². The van der Waals surface area contributed by atoms with Crippen LogP contribution >= 0.6 is 0 Å². The summed E-state index contributed by atoms with van der Waals surface area (Å²) in [7, 11) is 0. The second-order valence-electron chi connectivity index (χ2n) is 5.72. The Labute approximate surface area is 150 Å². The summed E-state index contributed by atoms with van der Waals surface area (Å²) in [6.45, 7) is 12.5. The molecule has 0 saturated carbocycles. The summed E-state index contributed by atoms with van der Waals surface area (Å²) < 4.78 is 16.7. The maximum atomic E-state index is 5.75. The van der Waals surface area contributed by atoms with E-state index in [9.17, 15) is 0 Å². The summed E-state index contributed by atoms with van der Waals surface area (Å²) in [5.41, 5.74) is 1.98. The second-order valence-corrected chi connectivity index (χ2v) is 5.72. The summed E-state index contributed by atoms with van der Waals surface area (Å²) in [6, 6.07) is 10.1. The molecule has 0 spiro atoms. The number of morpholine rings is 1. The Balaban J connectivity index is 0.00000109. The van der Waals surface area contributed by atoms with Gasteiger partial charge in [0.25, 0.3) is 0 Å². The first-order chi connectivity index (χ1) is 12.3. The molecular formula is C20H30N2O3. The fraction of sp³-hybridized carbons (Fsp3) is 0.550. The van der Waals surface area contributed by atoms with Crippen LogP contribution in [0.3, 0.4) is 0 Å². The van der Waals surface area contributed by atoms with Gasteiger partial charge in [0, 0.05) is 36.8 Å². The van der Waals surface area contributed by atoms with E-state index >= 15 is 0 Å². The molecule has 1 saturated heterocycles. The van der Waals surface area contributed by atoms with Crippen LogP contribution in [0.2, 0.25) is 0 Å². The lowest BCUT2D eigenvalue weighted by atomic mass is 10.2. The van der Waals surface area contributed by atoms with Crippen molar-refractivity contribution in [1.82, 2.24) is 9.88 Å². The molecular weight excluding hydrogens is 316 g/mol. The maximum absolute atomic E-state index is 5.75. The summed E-state index contributed by atoms with van der Waals surface area (Å²) in [5.74, 6) is 0.840. The second kappa shape index (κ2) is 11.0. The van der Waals surface area contributed by atoms with E-state index in [0.29, 0.717) is 13.2 Å². The van der Waals surface area contributed by atoms with E-state index in [4.69, 9.17) is 14.2 Å². The number of rotatable bonds is 7. The minimum absolute atomic E-state index is 0.556. The monoisotopic (exact) mass is 346 g/mol. The average molecular weight is 346 g/mol. The van der Waals surface area contributed by atoms with Gasteiger partial charge in [0.05, 0.1) is 31.9 Å². The van der Waals surface area contributed by atoms with E-state index in [-0.39, 0.29) is 0 Å². The van der Waals surface area contributed by atoms with Gasteiger partial charge in [0.1, 0.15) is 12.4 Å². The van der Waals surface area contributed by atoms with Crippen molar-refractivity contribution in [2.45, 2.75) is 20.8 Å². The van der Waals surface area contributed by atoms with Crippen molar-refractivity contribution in [3.63, 3.8) is 0 Å². The van der Waals surface area contributed by atoms with Crippen molar-refractivity contribution in [3.05, 3.63) is 36.0 Å². The minimum atomic E-state index is 0.556. The molecule has 0 amide bonds. The van der Waals surface area contributed by atoms with Crippen molar-refractivity contribution in [3.8, 4) is 5.75 Å². The van der Waals surface area contributed by atoms with Gasteiger partial charge in [-0.1, -0.05) is 19.9 Å². The van der Waals surface area contributed by atoms with Crippen LogP contribution in [0.5, 0.6) is 5.75 Å². The molecule has 1 fully saturated rings. The molecule has 5 nitrogen and oxygen atoms in total. The third kappa shape index (κ3) is 6.61. The third-order valence-corrected chi connectivity index (χ3v) is 3.95. The zero-order valence-electron chi connectivity index (χ0n) is 15.7. The predicted molar refractivity (Wildman–Crippen MR) is 101 cm³/mol. The Morgan fingerprint density at radius 2 is 1.80 bits per heavy atom. The average Bonchev–Trinajstić information content (AvgIpc) is 2.66. The summed E-state index contributed by atoms with van der Waals surface area (Å²) in [6.07, 6.45) is 0. The smallest absolute Gasteiger partial charge is 0.121 e. The van der Waals surface area contributed by atoms with Gasteiger partial charge < -0.3 is 14.2 Å². The number of hydrogen-bond donors (Lipinski definition) is 0. The molecule has 2 aromatic rings. The van der Waals surface area contributed by atoms with Gasteiger partial charge >= 0.3 is 0 Å². The number of aryl methyl sites for hydroxylation is 1. The Bertz CT molecular complexity index is 627.